The first-order valence-electron chi connectivity index (χ1n) is 6.15. The molecule has 0 spiro atoms. The van der Waals surface area contributed by atoms with Crippen LogP contribution < -0.4 is 10.6 Å². The van der Waals surface area contributed by atoms with Crippen LogP contribution in [0.5, 0.6) is 0 Å². The third kappa shape index (κ3) is 11.7. The van der Waals surface area contributed by atoms with Crippen molar-refractivity contribution in [2.45, 2.75) is 26.8 Å². The van der Waals surface area contributed by atoms with Crippen molar-refractivity contribution in [2.75, 3.05) is 38.3 Å². The fourth-order valence-electron chi connectivity index (χ4n) is 1.13. The molecule has 0 aliphatic heterocycles. The molecule has 6 nitrogen and oxygen atoms in total. The number of aliphatic imine (C=N–C) groups is 1. The highest BCUT2D eigenvalue weighted by Gasteiger charge is 2.01. The summed E-state index contributed by atoms with van der Waals surface area (Å²) < 4.78 is 26.9. The third-order valence-corrected chi connectivity index (χ3v) is 2.78. The molecule has 0 amide bonds. The highest BCUT2D eigenvalue weighted by molar-refractivity contribution is 7.90. The molecule has 0 rings (SSSR count). The summed E-state index contributed by atoms with van der Waals surface area (Å²) in [5, 5.41) is 6.30. The second-order valence-electron chi connectivity index (χ2n) is 4.30. The maximum Gasteiger partial charge on any atom is 0.191 e. The highest BCUT2D eigenvalue weighted by atomic mass is 32.2. The van der Waals surface area contributed by atoms with Crippen molar-refractivity contribution < 1.29 is 13.2 Å². The lowest BCUT2D eigenvalue weighted by molar-refractivity contribution is 0.157. The van der Waals surface area contributed by atoms with E-state index in [4.69, 9.17) is 4.74 Å². The monoisotopic (exact) mass is 279 g/mol. The van der Waals surface area contributed by atoms with Gasteiger partial charge in [0, 0.05) is 18.8 Å². The van der Waals surface area contributed by atoms with E-state index in [0.29, 0.717) is 19.2 Å². The van der Waals surface area contributed by atoms with Crippen LogP contribution in [0.25, 0.3) is 0 Å². The third-order valence-electron chi connectivity index (χ3n) is 1.87. The SMILES string of the molecule is CCNC(=NCCOCCS(C)(=O)=O)NC(C)C. The molecule has 0 fully saturated rings. The van der Waals surface area contributed by atoms with Gasteiger partial charge in [-0.1, -0.05) is 0 Å². The molecule has 108 valence electrons. The molecular weight excluding hydrogens is 254 g/mol. The van der Waals surface area contributed by atoms with Crippen LogP contribution in [0, 0.1) is 0 Å². The molecule has 0 aromatic carbocycles. The number of sulfone groups is 1. The van der Waals surface area contributed by atoms with E-state index < -0.39 is 9.84 Å². The van der Waals surface area contributed by atoms with E-state index >= 15 is 0 Å². The predicted molar refractivity (Wildman–Crippen MR) is 74.8 cm³/mol. The summed E-state index contributed by atoms with van der Waals surface area (Å²) in [4.78, 5) is 4.31. The summed E-state index contributed by atoms with van der Waals surface area (Å²) in [6.45, 7) is 8.02. The molecule has 0 aliphatic rings. The minimum absolute atomic E-state index is 0.0566. The van der Waals surface area contributed by atoms with Crippen molar-refractivity contribution in [2.24, 2.45) is 4.99 Å². The minimum Gasteiger partial charge on any atom is -0.378 e. The molecule has 18 heavy (non-hydrogen) atoms. The van der Waals surface area contributed by atoms with Gasteiger partial charge >= 0.3 is 0 Å². The van der Waals surface area contributed by atoms with Crippen LogP contribution in [-0.4, -0.2) is 58.7 Å². The topological polar surface area (TPSA) is 79.8 Å². The number of nitrogens with zero attached hydrogens (tertiary/aromatic N) is 1. The average Bonchev–Trinajstić information content (AvgIpc) is 2.21. The van der Waals surface area contributed by atoms with Crippen molar-refractivity contribution in [3.05, 3.63) is 0 Å². The van der Waals surface area contributed by atoms with Gasteiger partial charge in [-0.15, -0.1) is 0 Å². The van der Waals surface area contributed by atoms with Gasteiger partial charge in [0.1, 0.15) is 9.84 Å². The fraction of sp³-hybridized carbons (Fsp3) is 0.909. The normalized spacial score (nSPS) is 12.8. The fourth-order valence-corrected chi connectivity index (χ4v) is 1.55. The summed E-state index contributed by atoms with van der Waals surface area (Å²) >= 11 is 0. The van der Waals surface area contributed by atoms with E-state index in [1.807, 2.05) is 20.8 Å². The van der Waals surface area contributed by atoms with Gasteiger partial charge in [0.15, 0.2) is 5.96 Å². The van der Waals surface area contributed by atoms with Crippen LogP contribution in [0.2, 0.25) is 0 Å². The molecule has 0 radical (unpaired) electrons. The van der Waals surface area contributed by atoms with E-state index in [9.17, 15) is 8.42 Å². The lowest BCUT2D eigenvalue weighted by Crippen LogP contribution is -2.41. The highest BCUT2D eigenvalue weighted by Crippen LogP contribution is 1.85. The molecule has 7 heteroatoms. The second-order valence-corrected chi connectivity index (χ2v) is 6.56. The molecule has 0 aromatic heterocycles. The van der Waals surface area contributed by atoms with Gasteiger partial charge in [0.05, 0.1) is 25.5 Å². The number of rotatable bonds is 8. The van der Waals surface area contributed by atoms with Crippen molar-refractivity contribution in [3.63, 3.8) is 0 Å². The predicted octanol–water partition coefficient (Wildman–Crippen LogP) is 0.0111. The Labute approximate surface area is 110 Å². The van der Waals surface area contributed by atoms with Gasteiger partial charge < -0.3 is 15.4 Å². The van der Waals surface area contributed by atoms with Crippen molar-refractivity contribution in [3.8, 4) is 0 Å². The molecule has 0 aliphatic carbocycles. The summed E-state index contributed by atoms with van der Waals surface area (Å²) in [5.74, 6) is 0.806. The Morgan fingerprint density at radius 3 is 2.50 bits per heavy atom. The van der Waals surface area contributed by atoms with E-state index in [1.54, 1.807) is 0 Å². The van der Waals surface area contributed by atoms with Crippen LogP contribution in [0.3, 0.4) is 0 Å². The molecule has 0 atom stereocenters. The number of ether oxygens (including phenoxy) is 1. The summed E-state index contributed by atoms with van der Waals surface area (Å²) in [7, 11) is -2.94. The summed E-state index contributed by atoms with van der Waals surface area (Å²) in [6, 6.07) is 0.314. The molecule has 0 saturated heterocycles. The lowest BCUT2D eigenvalue weighted by atomic mass is 10.4. The summed E-state index contributed by atoms with van der Waals surface area (Å²) in [6.07, 6.45) is 1.20. The largest absolute Gasteiger partial charge is 0.378 e. The Hall–Kier alpha value is -0.820. The maximum absolute atomic E-state index is 10.9. The molecule has 0 bridgehead atoms. The molecule has 0 saturated carbocycles. The van der Waals surface area contributed by atoms with Crippen LogP contribution >= 0.6 is 0 Å². The van der Waals surface area contributed by atoms with Gasteiger partial charge in [0.25, 0.3) is 0 Å². The van der Waals surface area contributed by atoms with Crippen LogP contribution in [0.1, 0.15) is 20.8 Å². The standard InChI is InChI=1S/C11H25N3O3S/c1-5-12-11(14-10(2)3)13-6-7-17-8-9-18(4,15)16/h10H,5-9H2,1-4H3,(H2,12,13,14). The first-order chi connectivity index (χ1) is 8.35. The molecule has 2 N–H and O–H groups in total. The van der Waals surface area contributed by atoms with E-state index in [1.165, 1.54) is 6.26 Å². The minimum atomic E-state index is -2.94. The Morgan fingerprint density at radius 1 is 1.33 bits per heavy atom. The van der Waals surface area contributed by atoms with Gasteiger partial charge in [0.2, 0.25) is 0 Å². The van der Waals surface area contributed by atoms with Crippen LogP contribution in [0.15, 0.2) is 4.99 Å². The van der Waals surface area contributed by atoms with Crippen molar-refractivity contribution >= 4 is 15.8 Å². The van der Waals surface area contributed by atoms with Crippen LogP contribution in [0.4, 0.5) is 0 Å². The molecule has 0 aromatic rings. The zero-order valence-corrected chi connectivity index (χ0v) is 12.5. The Balaban J connectivity index is 3.82. The smallest absolute Gasteiger partial charge is 0.191 e. The first-order valence-corrected chi connectivity index (χ1v) is 8.21. The van der Waals surface area contributed by atoms with Gasteiger partial charge in [-0.3, -0.25) is 4.99 Å². The quantitative estimate of drug-likeness (QED) is 0.372. The number of hydrogen-bond acceptors (Lipinski definition) is 4. The lowest BCUT2D eigenvalue weighted by Gasteiger charge is -2.13. The Bertz CT molecular complexity index is 339. The van der Waals surface area contributed by atoms with E-state index in [-0.39, 0.29) is 12.4 Å². The second kappa shape index (κ2) is 9.16. The first kappa shape index (κ1) is 17.2. The van der Waals surface area contributed by atoms with E-state index in [2.05, 4.69) is 15.6 Å². The Morgan fingerprint density at radius 2 is 2.00 bits per heavy atom. The number of nitrogens with one attached hydrogen (secondary N) is 2. The maximum atomic E-state index is 10.9. The van der Waals surface area contributed by atoms with Crippen LogP contribution in [-0.2, 0) is 14.6 Å². The molecule has 0 unspecified atom stereocenters. The number of hydrogen-bond donors (Lipinski definition) is 2. The van der Waals surface area contributed by atoms with Gasteiger partial charge in [-0.05, 0) is 20.8 Å². The zero-order chi connectivity index (χ0) is 14.0. The van der Waals surface area contributed by atoms with E-state index in [0.717, 1.165) is 12.5 Å². The van der Waals surface area contributed by atoms with Crippen molar-refractivity contribution in [1.29, 1.82) is 0 Å². The zero-order valence-electron chi connectivity index (χ0n) is 11.7. The summed E-state index contributed by atoms with van der Waals surface area (Å²) in [5.41, 5.74) is 0. The molecular formula is C11H25N3O3S. The average molecular weight is 279 g/mol. The Kier molecular flexibility index (Phi) is 8.74. The van der Waals surface area contributed by atoms with Gasteiger partial charge in [-0.2, -0.15) is 0 Å². The molecule has 0 heterocycles. The van der Waals surface area contributed by atoms with Gasteiger partial charge in [-0.25, -0.2) is 8.42 Å². The number of guanidine groups is 1. The van der Waals surface area contributed by atoms with Crippen molar-refractivity contribution in [1.82, 2.24) is 10.6 Å².